The largest absolute Gasteiger partial charge is 0.384 e. The van der Waals surface area contributed by atoms with Crippen LogP contribution in [0.3, 0.4) is 0 Å². The first kappa shape index (κ1) is 12.3. The van der Waals surface area contributed by atoms with Gasteiger partial charge < -0.3 is 9.64 Å². The van der Waals surface area contributed by atoms with Crippen molar-refractivity contribution >= 4 is 11.6 Å². The van der Waals surface area contributed by atoms with E-state index < -0.39 is 0 Å². The molecular weight excluding hydrogens is 198 g/mol. The molecule has 1 rings (SSSR count). The number of likely N-dealkylation sites (tertiary alicyclic amines) is 1. The van der Waals surface area contributed by atoms with E-state index in [0.717, 1.165) is 24.9 Å². The molecule has 1 fully saturated rings. The van der Waals surface area contributed by atoms with Gasteiger partial charge in [0.1, 0.15) is 0 Å². The third-order valence-corrected chi connectivity index (χ3v) is 3.37. The van der Waals surface area contributed by atoms with Crippen molar-refractivity contribution in [2.45, 2.75) is 19.8 Å². The zero-order valence-electron chi connectivity index (χ0n) is 9.34. The highest BCUT2D eigenvalue weighted by molar-refractivity contribution is 6.18. The molecule has 0 aromatic rings. The fourth-order valence-electron chi connectivity index (χ4n) is 2.18. The Hall–Kier alpha value is 0.210. The summed E-state index contributed by atoms with van der Waals surface area (Å²) in [6.45, 7) is 6.69. The van der Waals surface area contributed by atoms with Gasteiger partial charge in [0.25, 0.3) is 0 Å². The number of hydrogen-bond donors (Lipinski definition) is 0. The molecule has 0 radical (unpaired) electrons. The van der Waals surface area contributed by atoms with Crippen LogP contribution >= 0.6 is 11.6 Å². The number of piperidine rings is 1. The van der Waals surface area contributed by atoms with E-state index in [1.807, 2.05) is 0 Å². The Bertz CT molecular complexity index is 152. The smallest absolute Gasteiger partial charge is 0.0502 e. The van der Waals surface area contributed by atoms with Gasteiger partial charge in [0, 0.05) is 26.1 Å². The van der Waals surface area contributed by atoms with Crippen LogP contribution in [0.4, 0.5) is 0 Å². The van der Waals surface area contributed by atoms with E-state index in [2.05, 4.69) is 11.8 Å². The SMILES string of the molecule is COCC1CCCN(CC(C)CCl)C1. The molecule has 0 aromatic carbocycles. The van der Waals surface area contributed by atoms with Gasteiger partial charge in [0.15, 0.2) is 0 Å². The monoisotopic (exact) mass is 219 g/mol. The molecule has 0 aromatic heterocycles. The first-order valence-electron chi connectivity index (χ1n) is 5.53. The van der Waals surface area contributed by atoms with E-state index in [1.165, 1.54) is 25.9 Å². The van der Waals surface area contributed by atoms with Crippen LogP contribution in [0.25, 0.3) is 0 Å². The summed E-state index contributed by atoms with van der Waals surface area (Å²) in [5.74, 6) is 2.11. The van der Waals surface area contributed by atoms with Crippen molar-refractivity contribution in [2.75, 3.05) is 39.2 Å². The minimum Gasteiger partial charge on any atom is -0.384 e. The Balaban J connectivity index is 2.25. The molecule has 3 heteroatoms. The molecule has 14 heavy (non-hydrogen) atoms. The maximum Gasteiger partial charge on any atom is 0.0502 e. The summed E-state index contributed by atoms with van der Waals surface area (Å²) in [4.78, 5) is 2.53. The van der Waals surface area contributed by atoms with Gasteiger partial charge in [-0.1, -0.05) is 6.92 Å². The van der Waals surface area contributed by atoms with Crippen LogP contribution in [-0.2, 0) is 4.74 Å². The van der Waals surface area contributed by atoms with E-state index in [4.69, 9.17) is 16.3 Å². The van der Waals surface area contributed by atoms with Crippen molar-refractivity contribution < 1.29 is 4.74 Å². The molecule has 0 saturated carbocycles. The molecule has 1 heterocycles. The van der Waals surface area contributed by atoms with Crippen LogP contribution in [0, 0.1) is 11.8 Å². The molecule has 1 aliphatic heterocycles. The van der Waals surface area contributed by atoms with Crippen LogP contribution in [-0.4, -0.2) is 44.1 Å². The number of rotatable bonds is 5. The molecule has 2 unspecified atom stereocenters. The van der Waals surface area contributed by atoms with Gasteiger partial charge in [0.05, 0.1) is 6.61 Å². The summed E-state index contributed by atoms with van der Waals surface area (Å²) in [5.41, 5.74) is 0. The van der Waals surface area contributed by atoms with Crippen molar-refractivity contribution in [1.29, 1.82) is 0 Å². The van der Waals surface area contributed by atoms with Gasteiger partial charge >= 0.3 is 0 Å². The van der Waals surface area contributed by atoms with Gasteiger partial charge in [-0.25, -0.2) is 0 Å². The highest BCUT2D eigenvalue weighted by Gasteiger charge is 2.20. The first-order valence-corrected chi connectivity index (χ1v) is 6.07. The lowest BCUT2D eigenvalue weighted by molar-refractivity contribution is 0.0854. The summed E-state index contributed by atoms with van der Waals surface area (Å²) in [6.07, 6.45) is 2.63. The molecule has 84 valence electrons. The second-order valence-corrected chi connectivity index (χ2v) is 4.79. The van der Waals surface area contributed by atoms with Crippen LogP contribution in [0.5, 0.6) is 0 Å². The predicted molar refractivity (Wildman–Crippen MR) is 60.9 cm³/mol. The lowest BCUT2D eigenvalue weighted by Crippen LogP contribution is -2.39. The van der Waals surface area contributed by atoms with E-state index >= 15 is 0 Å². The lowest BCUT2D eigenvalue weighted by atomic mass is 9.98. The van der Waals surface area contributed by atoms with E-state index in [9.17, 15) is 0 Å². The molecule has 0 aliphatic carbocycles. The van der Waals surface area contributed by atoms with Gasteiger partial charge in [-0.05, 0) is 31.2 Å². The Morgan fingerprint density at radius 1 is 1.57 bits per heavy atom. The summed E-state index contributed by atoms with van der Waals surface area (Å²) in [7, 11) is 1.79. The van der Waals surface area contributed by atoms with Crippen molar-refractivity contribution in [3.05, 3.63) is 0 Å². The molecule has 0 spiro atoms. The van der Waals surface area contributed by atoms with Crippen LogP contribution in [0.1, 0.15) is 19.8 Å². The van der Waals surface area contributed by atoms with E-state index in [-0.39, 0.29) is 0 Å². The topological polar surface area (TPSA) is 12.5 Å². The highest BCUT2D eigenvalue weighted by Crippen LogP contribution is 2.17. The summed E-state index contributed by atoms with van der Waals surface area (Å²) in [6, 6.07) is 0. The normalized spacial score (nSPS) is 26.4. The average Bonchev–Trinajstić information content (AvgIpc) is 2.19. The van der Waals surface area contributed by atoms with Gasteiger partial charge in [0.2, 0.25) is 0 Å². The number of ether oxygens (including phenoxy) is 1. The van der Waals surface area contributed by atoms with Crippen molar-refractivity contribution in [1.82, 2.24) is 4.90 Å². The Labute approximate surface area is 92.6 Å². The molecular formula is C11H22ClNO. The Morgan fingerprint density at radius 2 is 2.36 bits per heavy atom. The molecule has 2 atom stereocenters. The van der Waals surface area contributed by atoms with E-state index in [1.54, 1.807) is 7.11 Å². The van der Waals surface area contributed by atoms with Crippen molar-refractivity contribution in [3.8, 4) is 0 Å². The minimum absolute atomic E-state index is 0.609. The molecule has 0 bridgehead atoms. The number of alkyl halides is 1. The molecule has 0 amide bonds. The minimum atomic E-state index is 0.609. The number of halogens is 1. The first-order chi connectivity index (χ1) is 6.76. The molecule has 1 aliphatic rings. The lowest BCUT2D eigenvalue weighted by Gasteiger charge is -2.33. The second kappa shape index (κ2) is 6.65. The van der Waals surface area contributed by atoms with Gasteiger partial charge in [-0.2, -0.15) is 0 Å². The molecule has 0 N–H and O–H groups in total. The third-order valence-electron chi connectivity index (χ3n) is 2.84. The zero-order chi connectivity index (χ0) is 10.4. The van der Waals surface area contributed by atoms with Crippen LogP contribution in [0.15, 0.2) is 0 Å². The summed E-state index contributed by atoms with van der Waals surface area (Å²) in [5, 5.41) is 0. The average molecular weight is 220 g/mol. The third kappa shape index (κ3) is 4.16. The summed E-state index contributed by atoms with van der Waals surface area (Å²) < 4.78 is 5.21. The van der Waals surface area contributed by atoms with Gasteiger partial charge in [-0.3, -0.25) is 0 Å². The Morgan fingerprint density at radius 3 is 3.00 bits per heavy atom. The van der Waals surface area contributed by atoms with Crippen LogP contribution in [0.2, 0.25) is 0 Å². The van der Waals surface area contributed by atoms with Crippen LogP contribution < -0.4 is 0 Å². The molecule has 2 nitrogen and oxygen atoms in total. The maximum atomic E-state index is 5.82. The fourth-order valence-corrected chi connectivity index (χ4v) is 2.28. The number of methoxy groups -OCH3 is 1. The zero-order valence-corrected chi connectivity index (χ0v) is 10.1. The number of nitrogens with zero attached hydrogens (tertiary/aromatic N) is 1. The quantitative estimate of drug-likeness (QED) is 0.658. The van der Waals surface area contributed by atoms with Crippen molar-refractivity contribution in [3.63, 3.8) is 0 Å². The number of hydrogen-bond acceptors (Lipinski definition) is 2. The Kier molecular flexibility index (Phi) is 5.83. The van der Waals surface area contributed by atoms with E-state index in [0.29, 0.717) is 5.92 Å². The van der Waals surface area contributed by atoms with Gasteiger partial charge in [-0.15, -0.1) is 11.6 Å². The fraction of sp³-hybridized carbons (Fsp3) is 1.00. The predicted octanol–water partition coefficient (Wildman–Crippen LogP) is 2.22. The maximum absolute atomic E-state index is 5.82. The standard InChI is InChI=1S/C11H22ClNO/c1-10(6-12)7-13-5-3-4-11(8-13)9-14-2/h10-11H,3-9H2,1-2H3. The summed E-state index contributed by atoms with van der Waals surface area (Å²) >= 11 is 5.82. The highest BCUT2D eigenvalue weighted by atomic mass is 35.5. The molecule has 1 saturated heterocycles. The van der Waals surface area contributed by atoms with Crippen molar-refractivity contribution in [2.24, 2.45) is 11.8 Å². The second-order valence-electron chi connectivity index (χ2n) is 4.48.